The minimum atomic E-state index is -0.350. The Morgan fingerprint density at radius 1 is 1.25 bits per heavy atom. The fraction of sp³-hybridized carbons (Fsp3) is 0.238. The van der Waals surface area contributed by atoms with Gasteiger partial charge in [-0.3, -0.25) is 4.79 Å². The zero-order valence-corrected chi connectivity index (χ0v) is 16.6. The van der Waals surface area contributed by atoms with Crippen LogP contribution in [-0.4, -0.2) is 43.7 Å². The van der Waals surface area contributed by atoms with E-state index in [-0.39, 0.29) is 18.3 Å². The summed E-state index contributed by atoms with van der Waals surface area (Å²) < 4.78 is 24.6. The van der Waals surface area contributed by atoms with Crippen molar-refractivity contribution in [1.29, 1.82) is 5.26 Å². The maximum Gasteiger partial charge on any atom is 0.260 e. The number of carbonyl (C=O) groups is 1. The quantitative estimate of drug-likeness (QED) is 0.518. The molecule has 28 heavy (non-hydrogen) atoms. The Hall–Kier alpha value is -2.69. The lowest BCUT2D eigenvalue weighted by Gasteiger charge is -2.26. The van der Waals surface area contributed by atoms with Crippen LogP contribution >= 0.6 is 15.9 Å². The van der Waals surface area contributed by atoms with Gasteiger partial charge in [0, 0.05) is 13.1 Å². The first-order valence-corrected chi connectivity index (χ1v) is 9.52. The first-order chi connectivity index (χ1) is 13.6. The van der Waals surface area contributed by atoms with Gasteiger partial charge in [0.05, 0.1) is 29.3 Å². The summed E-state index contributed by atoms with van der Waals surface area (Å²) in [5.41, 5.74) is 1.83. The van der Waals surface area contributed by atoms with Crippen LogP contribution in [0.1, 0.15) is 11.1 Å². The molecule has 0 bridgehead atoms. The number of carbonyl (C=O) groups excluding carboxylic acids is 1. The molecule has 1 amide bonds. The van der Waals surface area contributed by atoms with E-state index in [9.17, 15) is 14.4 Å². The highest BCUT2D eigenvalue weighted by Gasteiger charge is 2.17. The van der Waals surface area contributed by atoms with E-state index in [1.165, 1.54) is 12.1 Å². The molecular formula is C21H18BrFN2O3. The average Bonchev–Trinajstić information content (AvgIpc) is 2.72. The van der Waals surface area contributed by atoms with Crippen molar-refractivity contribution < 1.29 is 18.7 Å². The second-order valence-electron chi connectivity index (χ2n) is 6.15. The van der Waals surface area contributed by atoms with E-state index in [2.05, 4.69) is 22.0 Å². The molecule has 0 radical (unpaired) electrons. The molecule has 0 aromatic heterocycles. The Morgan fingerprint density at radius 3 is 2.61 bits per heavy atom. The van der Waals surface area contributed by atoms with Crippen LogP contribution in [0.2, 0.25) is 0 Å². The molecule has 144 valence electrons. The van der Waals surface area contributed by atoms with Crippen LogP contribution in [0.25, 0.3) is 11.6 Å². The summed E-state index contributed by atoms with van der Waals surface area (Å²) in [6, 6.07) is 13.2. The van der Waals surface area contributed by atoms with Gasteiger partial charge < -0.3 is 14.4 Å². The van der Waals surface area contributed by atoms with Gasteiger partial charge >= 0.3 is 0 Å². The van der Waals surface area contributed by atoms with E-state index in [0.29, 0.717) is 47.7 Å². The van der Waals surface area contributed by atoms with Crippen LogP contribution in [0.4, 0.5) is 4.39 Å². The third-order valence-corrected chi connectivity index (χ3v) is 4.88. The summed E-state index contributed by atoms with van der Waals surface area (Å²) in [4.78, 5) is 13.9. The lowest BCUT2D eigenvalue weighted by atomic mass is 10.0. The predicted molar refractivity (Wildman–Crippen MR) is 107 cm³/mol. The molecule has 1 heterocycles. The number of nitrogens with zero attached hydrogens (tertiary/aromatic N) is 2. The van der Waals surface area contributed by atoms with Gasteiger partial charge in [0.15, 0.2) is 6.61 Å². The van der Waals surface area contributed by atoms with Crippen molar-refractivity contribution in [2.75, 3.05) is 32.9 Å². The van der Waals surface area contributed by atoms with Crippen LogP contribution in [0, 0.1) is 17.1 Å². The summed E-state index contributed by atoms with van der Waals surface area (Å²) in [6.45, 7) is 2.20. The van der Waals surface area contributed by atoms with Gasteiger partial charge in [-0.1, -0.05) is 18.2 Å². The van der Waals surface area contributed by atoms with E-state index in [0.717, 1.165) is 5.56 Å². The zero-order valence-electron chi connectivity index (χ0n) is 15.0. The van der Waals surface area contributed by atoms with Crippen molar-refractivity contribution in [3.8, 4) is 11.8 Å². The van der Waals surface area contributed by atoms with Gasteiger partial charge in [0.25, 0.3) is 5.91 Å². The summed E-state index contributed by atoms with van der Waals surface area (Å²) in [6.07, 6.45) is 1.71. The molecule has 7 heteroatoms. The molecule has 1 fully saturated rings. The molecule has 5 nitrogen and oxygen atoms in total. The summed E-state index contributed by atoms with van der Waals surface area (Å²) in [5.74, 6) is 0.109. The fourth-order valence-electron chi connectivity index (χ4n) is 2.74. The second kappa shape index (κ2) is 9.49. The number of allylic oxidation sites excluding steroid dienone is 1. The van der Waals surface area contributed by atoms with Crippen LogP contribution in [0.3, 0.4) is 0 Å². The Labute approximate surface area is 171 Å². The number of benzene rings is 2. The first kappa shape index (κ1) is 20.1. The minimum Gasteiger partial charge on any atom is -0.483 e. The van der Waals surface area contributed by atoms with E-state index >= 15 is 0 Å². The number of rotatable bonds is 5. The lowest BCUT2D eigenvalue weighted by molar-refractivity contribution is -0.137. The molecule has 0 unspecified atom stereocenters. The molecule has 0 atom stereocenters. The lowest BCUT2D eigenvalue weighted by Crippen LogP contribution is -2.43. The first-order valence-electron chi connectivity index (χ1n) is 8.72. The van der Waals surface area contributed by atoms with Gasteiger partial charge in [-0.15, -0.1) is 0 Å². The number of halogens is 2. The highest BCUT2D eigenvalue weighted by Crippen LogP contribution is 2.28. The summed E-state index contributed by atoms with van der Waals surface area (Å²) in [5, 5.41) is 9.40. The van der Waals surface area contributed by atoms with Gasteiger partial charge in [0.2, 0.25) is 0 Å². The number of hydrogen-bond donors (Lipinski definition) is 0. The predicted octanol–water partition coefficient (Wildman–Crippen LogP) is 3.89. The number of ether oxygens (including phenoxy) is 2. The van der Waals surface area contributed by atoms with Crippen molar-refractivity contribution in [3.63, 3.8) is 0 Å². The second-order valence-corrected chi connectivity index (χ2v) is 7.00. The minimum absolute atomic E-state index is 0.0488. The Bertz CT molecular complexity index is 916. The molecule has 2 aromatic rings. The van der Waals surface area contributed by atoms with Crippen molar-refractivity contribution in [2.45, 2.75) is 0 Å². The van der Waals surface area contributed by atoms with Crippen LogP contribution in [-0.2, 0) is 9.53 Å². The number of nitriles is 1. The molecule has 1 aliphatic rings. The summed E-state index contributed by atoms with van der Waals surface area (Å²) in [7, 11) is 0. The maximum absolute atomic E-state index is 13.1. The molecular weight excluding hydrogens is 427 g/mol. The van der Waals surface area contributed by atoms with Crippen molar-refractivity contribution in [1.82, 2.24) is 4.90 Å². The van der Waals surface area contributed by atoms with Crippen LogP contribution < -0.4 is 4.74 Å². The molecule has 0 aliphatic carbocycles. The molecule has 3 rings (SSSR count). The van der Waals surface area contributed by atoms with Crippen molar-refractivity contribution >= 4 is 33.5 Å². The van der Waals surface area contributed by atoms with Gasteiger partial charge in [-0.2, -0.15) is 5.26 Å². The fourth-order valence-corrected chi connectivity index (χ4v) is 3.25. The molecule has 2 aromatic carbocycles. The van der Waals surface area contributed by atoms with Gasteiger partial charge in [-0.25, -0.2) is 4.39 Å². The Kier molecular flexibility index (Phi) is 6.80. The van der Waals surface area contributed by atoms with Gasteiger partial charge in [-0.05, 0) is 57.4 Å². The van der Waals surface area contributed by atoms with Crippen LogP contribution in [0.15, 0.2) is 46.9 Å². The SMILES string of the molecule is N#C/C(=C/c1ccc(OCC(=O)N2CCOCC2)c(Br)c1)c1ccc(F)cc1. The van der Waals surface area contributed by atoms with E-state index in [4.69, 9.17) is 9.47 Å². The van der Waals surface area contributed by atoms with Crippen molar-refractivity contribution in [3.05, 3.63) is 63.9 Å². The number of morpholine rings is 1. The zero-order chi connectivity index (χ0) is 19.9. The average molecular weight is 445 g/mol. The number of amides is 1. The molecule has 0 spiro atoms. The molecule has 0 N–H and O–H groups in total. The van der Waals surface area contributed by atoms with E-state index in [1.54, 1.807) is 41.3 Å². The number of hydrogen-bond acceptors (Lipinski definition) is 4. The third-order valence-electron chi connectivity index (χ3n) is 4.26. The summed E-state index contributed by atoms with van der Waals surface area (Å²) >= 11 is 3.44. The van der Waals surface area contributed by atoms with Crippen molar-refractivity contribution in [2.24, 2.45) is 0 Å². The largest absolute Gasteiger partial charge is 0.483 e. The monoisotopic (exact) mass is 444 g/mol. The van der Waals surface area contributed by atoms with E-state index < -0.39 is 0 Å². The third kappa shape index (κ3) is 5.18. The van der Waals surface area contributed by atoms with Gasteiger partial charge in [0.1, 0.15) is 11.6 Å². The molecule has 0 saturated carbocycles. The Balaban J connectivity index is 1.68. The standard InChI is InChI=1S/C21H18BrFN2O3/c22-19-12-15(11-17(13-24)16-2-4-18(23)5-3-16)1-6-20(19)28-14-21(26)25-7-9-27-10-8-25/h1-6,11-12H,7-10,14H2/b17-11-. The molecule has 1 saturated heterocycles. The Morgan fingerprint density at radius 2 is 1.96 bits per heavy atom. The van der Waals surface area contributed by atoms with Crippen LogP contribution in [0.5, 0.6) is 5.75 Å². The smallest absolute Gasteiger partial charge is 0.260 e. The normalized spacial score (nSPS) is 14.5. The molecule has 1 aliphatic heterocycles. The highest BCUT2D eigenvalue weighted by molar-refractivity contribution is 9.10. The topological polar surface area (TPSA) is 62.6 Å². The highest BCUT2D eigenvalue weighted by atomic mass is 79.9. The van der Waals surface area contributed by atoms with E-state index in [1.807, 2.05) is 0 Å². The maximum atomic E-state index is 13.1.